The van der Waals surface area contributed by atoms with Crippen molar-refractivity contribution >= 4 is 46.4 Å². The number of anilines is 1. The van der Waals surface area contributed by atoms with Gasteiger partial charge in [0.1, 0.15) is 5.38 Å². The largest absolute Gasteiger partial charge is 0.325 e. The Morgan fingerprint density at radius 1 is 1.00 bits per heavy atom. The summed E-state index contributed by atoms with van der Waals surface area (Å²) in [5.74, 6) is -0.350. The highest BCUT2D eigenvalue weighted by Gasteiger charge is 2.21. The van der Waals surface area contributed by atoms with Crippen LogP contribution in [0.25, 0.3) is 0 Å². The zero-order chi connectivity index (χ0) is 13.8. The Morgan fingerprint density at radius 3 is 2.37 bits per heavy atom. The predicted octanol–water partition coefficient (Wildman–Crippen LogP) is 4.91. The number of alkyl halides is 1. The van der Waals surface area contributed by atoms with Crippen LogP contribution in [0.2, 0.25) is 10.0 Å². The van der Waals surface area contributed by atoms with Crippen LogP contribution in [0.5, 0.6) is 0 Å². The Kier molecular flexibility index (Phi) is 4.70. The summed E-state index contributed by atoms with van der Waals surface area (Å²) in [6, 6.07) is 14.1. The lowest BCUT2D eigenvalue weighted by Crippen LogP contribution is -2.17. The number of halogens is 3. The first-order valence-corrected chi connectivity index (χ1v) is 6.72. The minimum absolute atomic E-state index is 0.298. The van der Waals surface area contributed by atoms with Gasteiger partial charge in [-0.05, 0) is 23.8 Å². The van der Waals surface area contributed by atoms with Crippen LogP contribution in [0.4, 0.5) is 5.69 Å². The normalized spacial score (nSPS) is 11.9. The van der Waals surface area contributed by atoms with Crippen LogP contribution in [0.1, 0.15) is 10.9 Å². The van der Waals surface area contributed by atoms with Gasteiger partial charge in [-0.15, -0.1) is 11.6 Å². The second-order valence-electron chi connectivity index (χ2n) is 3.86. The fourth-order valence-corrected chi connectivity index (χ4v) is 2.29. The van der Waals surface area contributed by atoms with E-state index in [1.165, 1.54) is 0 Å². The van der Waals surface area contributed by atoms with E-state index in [9.17, 15) is 4.79 Å². The van der Waals surface area contributed by atoms with Crippen molar-refractivity contribution in [2.75, 3.05) is 5.32 Å². The molecule has 2 nitrogen and oxygen atoms in total. The highest BCUT2D eigenvalue weighted by atomic mass is 35.5. The summed E-state index contributed by atoms with van der Waals surface area (Å²) in [6.07, 6.45) is 0. The second kappa shape index (κ2) is 6.29. The molecule has 0 saturated heterocycles. The lowest BCUT2D eigenvalue weighted by molar-refractivity contribution is -0.116. The molecule has 0 aliphatic carbocycles. The van der Waals surface area contributed by atoms with Gasteiger partial charge in [-0.1, -0.05) is 53.5 Å². The summed E-state index contributed by atoms with van der Waals surface area (Å²) in [4.78, 5) is 12.0. The van der Waals surface area contributed by atoms with Crippen LogP contribution in [0, 0.1) is 0 Å². The zero-order valence-corrected chi connectivity index (χ0v) is 12.0. The molecule has 1 amide bonds. The van der Waals surface area contributed by atoms with Crippen molar-refractivity contribution in [3.05, 3.63) is 64.1 Å². The summed E-state index contributed by atoms with van der Waals surface area (Å²) >= 11 is 18.1. The lowest BCUT2D eigenvalue weighted by Gasteiger charge is -2.13. The van der Waals surface area contributed by atoms with Crippen molar-refractivity contribution in [1.82, 2.24) is 0 Å². The van der Waals surface area contributed by atoms with E-state index in [-0.39, 0.29) is 5.91 Å². The number of carbonyl (C=O) groups is 1. The first-order chi connectivity index (χ1) is 9.09. The molecule has 2 aromatic rings. The van der Waals surface area contributed by atoms with E-state index >= 15 is 0 Å². The quantitative estimate of drug-likeness (QED) is 0.801. The van der Waals surface area contributed by atoms with Crippen LogP contribution in [-0.2, 0) is 4.79 Å². The first-order valence-electron chi connectivity index (χ1n) is 5.53. The molecule has 19 heavy (non-hydrogen) atoms. The number of rotatable bonds is 3. The Balaban J connectivity index is 2.17. The third kappa shape index (κ3) is 3.41. The van der Waals surface area contributed by atoms with Crippen molar-refractivity contribution in [1.29, 1.82) is 0 Å². The molecule has 0 bridgehead atoms. The van der Waals surface area contributed by atoms with Gasteiger partial charge < -0.3 is 5.32 Å². The summed E-state index contributed by atoms with van der Waals surface area (Å²) in [5.41, 5.74) is 1.17. The molecule has 0 radical (unpaired) electrons. The Bertz CT molecular complexity index is 586. The van der Waals surface area contributed by atoms with Gasteiger partial charge in [-0.2, -0.15) is 0 Å². The van der Waals surface area contributed by atoms with Gasteiger partial charge in [0.2, 0.25) is 5.91 Å². The molecule has 1 N–H and O–H groups in total. The molecule has 0 spiro atoms. The molecule has 0 aliphatic rings. The molecule has 98 valence electrons. The van der Waals surface area contributed by atoms with Gasteiger partial charge in [0, 0.05) is 5.69 Å². The highest BCUT2D eigenvalue weighted by molar-refractivity contribution is 6.44. The number of nitrogens with one attached hydrogen (secondary N) is 1. The summed E-state index contributed by atoms with van der Waals surface area (Å²) in [6.45, 7) is 0. The van der Waals surface area contributed by atoms with Gasteiger partial charge in [-0.3, -0.25) is 4.79 Å². The van der Waals surface area contributed by atoms with E-state index in [0.717, 1.165) is 0 Å². The van der Waals surface area contributed by atoms with Gasteiger partial charge in [0.05, 0.1) is 10.0 Å². The molecule has 1 unspecified atom stereocenters. The van der Waals surface area contributed by atoms with Crippen LogP contribution in [-0.4, -0.2) is 5.91 Å². The van der Waals surface area contributed by atoms with E-state index in [4.69, 9.17) is 34.8 Å². The fraction of sp³-hybridized carbons (Fsp3) is 0.0714. The van der Waals surface area contributed by atoms with Gasteiger partial charge in [0.25, 0.3) is 0 Å². The van der Waals surface area contributed by atoms with E-state index in [2.05, 4.69) is 5.32 Å². The van der Waals surface area contributed by atoms with E-state index in [1.807, 2.05) is 18.2 Å². The second-order valence-corrected chi connectivity index (χ2v) is 5.08. The monoisotopic (exact) mass is 313 g/mol. The summed E-state index contributed by atoms with van der Waals surface area (Å²) < 4.78 is 0. The average Bonchev–Trinajstić information content (AvgIpc) is 2.42. The first kappa shape index (κ1) is 14.2. The van der Waals surface area contributed by atoms with Crippen LogP contribution >= 0.6 is 34.8 Å². The number of hydrogen-bond donors (Lipinski definition) is 1. The van der Waals surface area contributed by atoms with Crippen molar-refractivity contribution < 1.29 is 4.79 Å². The maximum atomic E-state index is 12.0. The molecule has 0 fully saturated rings. The maximum absolute atomic E-state index is 12.0. The lowest BCUT2D eigenvalue weighted by atomic mass is 10.1. The molecule has 0 aliphatic heterocycles. The molecule has 0 saturated carbocycles. The minimum atomic E-state index is -0.897. The predicted molar refractivity (Wildman–Crippen MR) is 80.1 cm³/mol. The number of benzene rings is 2. The topological polar surface area (TPSA) is 29.1 Å². The molecule has 0 aromatic heterocycles. The number of carbonyl (C=O) groups excluding carboxylic acids is 1. The molecule has 2 aromatic carbocycles. The summed E-state index contributed by atoms with van der Waals surface area (Å²) in [5, 5.41) is 2.49. The molecular weight excluding hydrogens is 305 g/mol. The third-order valence-corrected chi connectivity index (χ3v) is 3.79. The standard InChI is InChI=1S/C14H10Cl3NO/c15-11-8-4-7-10(12(11)16)13(17)14(19)18-9-5-2-1-3-6-9/h1-8,13H,(H,18,19). The summed E-state index contributed by atoms with van der Waals surface area (Å²) in [7, 11) is 0. The fourth-order valence-electron chi connectivity index (χ4n) is 1.58. The molecular formula is C14H10Cl3NO. The molecule has 2 rings (SSSR count). The van der Waals surface area contributed by atoms with Crippen LogP contribution < -0.4 is 5.32 Å². The Labute approximate surface area is 126 Å². The molecule has 5 heteroatoms. The SMILES string of the molecule is O=C(Nc1ccccc1)C(Cl)c1cccc(Cl)c1Cl. The highest BCUT2D eigenvalue weighted by Crippen LogP contribution is 2.33. The van der Waals surface area contributed by atoms with Gasteiger partial charge in [0.15, 0.2) is 0 Å². The van der Waals surface area contributed by atoms with Crippen molar-refractivity contribution in [3.8, 4) is 0 Å². The van der Waals surface area contributed by atoms with Crippen molar-refractivity contribution in [2.24, 2.45) is 0 Å². The van der Waals surface area contributed by atoms with E-state index in [0.29, 0.717) is 21.3 Å². The molecule has 1 atom stereocenters. The zero-order valence-electron chi connectivity index (χ0n) is 9.74. The van der Waals surface area contributed by atoms with Crippen LogP contribution in [0.15, 0.2) is 48.5 Å². The number of hydrogen-bond acceptors (Lipinski definition) is 1. The van der Waals surface area contributed by atoms with Crippen LogP contribution in [0.3, 0.4) is 0 Å². The molecule has 0 heterocycles. The Morgan fingerprint density at radius 2 is 1.68 bits per heavy atom. The van der Waals surface area contributed by atoms with Crippen molar-refractivity contribution in [3.63, 3.8) is 0 Å². The Hall–Kier alpha value is -1.22. The number of amides is 1. The minimum Gasteiger partial charge on any atom is -0.325 e. The van der Waals surface area contributed by atoms with Gasteiger partial charge >= 0.3 is 0 Å². The maximum Gasteiger partial charge on any atom is 0.247 e. The average molecular weight is 315 g/mol. The third-order valence-electron chi connectivity index (χ3n) is 2.53. The number of para-hydroxylation sites is 1. The van der Waals surface area contributed by atoms with E-state index < -0.39 is 5.38 Å². The van der Waals surface area contributed by atoms with E-state index in [1.54, 1.807) is 30.3 Å². The smallest absolute Gasteiger partial charge is 0.247 e. The van der Waals surface area contributed by atoms with Crippen molar-refractivity contribution in [2.45, 2.75) is 5.38 Å². The van der Waals surface area contributed by atoms with Gasteiger partial charge in [-0.25, -0.2) is 0 Å².